The van der Waals surface area contributed by atoms with Gasteiger partial charge in [0.15, 0.2) is 0 Å². The number of nitrogens with zero attached hydrogens (tertiary/aromatic N) is 1. The van der Waals surface area contributed by atoms with Gasteiger partial charge < -0.3 is 19.7 Å². The number of rotatable bonds is 6. The summed E-state index contributed by atoms with van der Waals surface area (Å²) in [6, 6.07) is 7.57. The molecule has 1 saturated heterocycles. The van der Waals surface area contributed by atoms with Crippen molar-refractivity contribution in [2.75, 3.05) is 32.8 Å². The maximum atomic E-state index is 12.0. The van der Waals surface area contributed by atoms with E-state index in [0.29, 0.717) is 19.8 Å². The number of carbonyl (C=O) groups excluding carboxylic acids is 1. The van der Waals surface area contributed by atoms with E-state index in [4.69, 9.17) is 9.47 Å². The van der Waals surface area contributed by atoms with Crippen molar-refractivity contribution in [1.29, 1.82) is 0 Å². The summed E-state index contributed by atoms with van der Waals surface area (Å²) in [5, 5.41) is 2.92. The van der Waals surface area contributed by atoms with E-state index >= 15 is 0 Å². The highest BCUT2D eigenvalue weighted by atomic mass is 16.5. The average molecular weight is 306 g/mol. The molecule has 5 heteroatoms. The number of carbonyl (C=O) groups is 1. The molecule has 0 atom stereocenters. The number of benzene rings is 1. The Hall–Kier alpha value is -1.91. The Balaban J connectivity index is 1.67. The number of urea groups is 1. The van der Waals surface area contributed by atoms with E-state index in [0.717, 1.165) is 37.4 Å². The molecule has 1 heterocycles. The average Bonchev–Trinajstić information content (AvgIpc) is 2.81. The van der Waals surface area contributed by atoms with Crippen LogP contribution < -0.4 is 14.8 Å². The highest BCUT2D eigenvalue weighted by molar-refractivity contribution is 5.74. The van der Waals surface area contributed by atoms with Crippen LogP contribution in [0.15, 0.2) is 24.3 Å². The molecule has 1 fully saturated rings. The van der Waals surface area contributed by atoms with Gasteiger partial charge >= 0.3 is 6.03 Å². The molecule has 2 rings (SSSR count). The lowest BCUT2D eigenvalue weighted by atomic mass is 10.2. The molecule has 2 amide bonds. The van der Waals surface area contributed by atoms with E-state index in [1.165, 1.54) is 12.8 Å². The molecular formula is C17H26N2O3. The first-order valence-corrected chi connectivity index (χ1v) is 8.18. The van der Waals surface area contributed by atoms with Crippen LogP contribution in [-0.4, -0.2) is 43.8 Å². The summed E-state index contributed by atoms with van der Waals surface area (Å²) in [6.45, 7) is 5.27. The summed E-state index contributed by atoms with van der Waals surface area (Å²) in [7, 11) is 0. The third-order valence-electron chi connectivity index (χ3n) is 3.66. The summed E-state index contributed by atoms with van der Waals surface area (Å²) in [4.78, 5) is 13.9. The van der Waals surface area contributed by atoms with Crippen LogP contribution in [0, 0.1) is 0 Å². The van der Waals surface area contributed by atoms with Crippen LogP contribution in [0.25, 0.3) is 0 Å². The molecule has 0 aromatic heterocycles. The molecule has 0 aliphatic carbocycles. The molecule has 0 spiro atoms. The Kier molecular flexibility index (Phi) is 6.87. The van der Waals surface area contributed by atoms with Crippen LogP contribution in [0.1, 0.15) is 32.6 Å². The molecule has 0 radical (unpaired) electrons. The molecule has 22 heavy (non-hydrogen) atoms. The van der Waals surface area contributed by atoms with Crippen molar-refractivity contribution in [1.82, 2.24) is 10.2 Å². The minimum absolute atomic E-state index is 0.0218. The molecule has 1 aliphatic rings. The van der Waals surface area contributed by atoms with E-state index in [1.807, 2.05) is 36.1 Å². The predicted molar refractivity (Wildman–Crippen MR) is 86.5 cm³/mol. The first kappa shape index (κ1) is 16.5. The molecule has 0 unspecified atom stereocenters. The highest BCUT2D eigenvalue weighted by Gasteiger charge is 2.14. The van der Waals surface area contributed by atoms with E-state index in [9.17, 15) is 4.79 Å². The number of hydrogen-bond donors (Lipinski definition) is 1. The minimum Gasteiger partial charge on any atom is -0.494 e. The van der Waals surface area contributed by atoms with Gasteiger partial charge in [-0.3, -0.25) is 0 Å². The van der Waals surface area contributed by atoms with Gasteiger partial charge in [-0.1, -0.05) is 18.9 Å². The summed E-state index contributed by atoms with van der Waals surface area (Å²) in [5.74, 6) is 1.56. The molecule has 1 aromatic carbocycles. The van der Waals surface area contributed by atoms with Gasteiger partial charge in [-0.2, -0.15) is 0 Å². The van der Waals surface area contributed by atoms with E-state index in [-0.39, 0.29) is 6.03 Å². The van der Waals surface area contributed by atoms with Gasteiger partial charge in [-0.15, -0.1) is 0 Å². The first-order valence-electron chi connectivity index (χ1n) is 8.18. The standard InChI is InChI=1S/C17H26N2O3/c1-2-21-15-8-7-9-16(14-15)22-13-10-18-17(20)19-11-5-3-4-6-12-19/h7-9,14H,2-6,10-13H2,1H3,(H,18,20). The van der Waals surface area contributed by atoms with Crippen molar-refractivity contribution in [3.63, 3.8) is 0 Å². The zero-order valence-electron chi connectivity index (χ0n) is 13.3. The van der Waals surface area contributed by atoms with Crippen LogP contribution in [0.5, 0.6) is 11.5 Å². The SMILES string of the molecule is CCOc1cccc(OCCNC(=O)N2CCCCCC2)c1. The second-order valence-electron chi connectivity index (χ2n) is 5.39. The van der Waals surface area contributed by atoms with E-state index < -0.39 is 0 Å². The lowest BCUT2D eigenvalue weighted by Gasteiger charge is -2.20. The van der Waals surface area contributed by atoms with Crippen molar-refractivity contribution in [2.45, 2.75) is 32.6 Å². The first-order chi connectivity index (χ1) is 10.8. The zero-order chi connectivity index (χ0) is 15.6. The Morgan fingerprint density at radius 3 is 2.50 bits per heavy atom. The maximum Gasteiger partial charge on any atom is 0.317 e. The number of hydrogen-bond acceptors (Lipinski definition) is 3. The lowest BCUT2D eigenvalue weighted by molar-refractivity contribution is 0.196. The van der Waals surface area contributed by atoms with Crippen molar-refractivity contribution in [2.24, 2.45) is 0 Å². The van der Waals surface area contributed by atoms with Gasteiger partial charge in [0, 0.05) is 19.2 Å². The Labute approximate surface area is 132 Å². The Morgan fingerprint density at radius 2 is 1.82 bits per heavy atom. The zero-order valence-corrected chi connectivity index (χ0v) is 13.3. The second-order valence-corrected chi connectivity index (χ2v) is 5.39. The number of nitrogens with one attached hydrogen (secondary N) is 1. The normalized spacial score (nSPS) is 15.0. The smallest absolute Gasteiger partial charge is 0.317 e. The van der Waals surface area contributed by atoms with Gasteiger partial charge in [0.1, 0.15) is 18.1 Å². The largest absolute Gasteiger partial charge is 0.494 e. The Morgan fingerprint density at radius 1 is 1.14 bits per heavy atom. The quantitative estimate of drug-likeness (QED) is 0.822. The number of ether oxygens (including phenoxy) is 2. The molecule has 1 N–H and O–H groups in total. The van der Waals surface area contributed by atoms with Crippen LogP contribution in [-0.2, 0) is 0 Å². The lowest BCUT2D eigenvalue weighted by Crippen LogP contribution is -2.41. The minimum atomic E-state index is 0.0218. The van der Waals surface area contributed by atoms with Crippen LogP contribution in [0.2, 0.25) is 0 Å². The number of amides is 2. The topological polar surface area (TPSA) is 50.8 Å². The van der Waals surface area contributed by atoms with Gasteiger partial charge in [-0.05, 0) is 31.9 Å². The fourth-order valence-corrected chi connectivity index (χ4v) is 2.53. The van der Waals surface area contributed by atoms with E-state index in [2.05, 4.69) is 5.32 Å². The predicted octanol–water partition coefficient (Wildman–Crippen LogP) is 3.05. The van der Waals surface area contributed by atoms with Crippen molar-refractivity contribution < 1.29 is 14.3 Å². The van der Waals surface area contributed by atoms with Crippen LogP contribution in [0.4, 0.5) is 4.79 Å². The van der Waals surface area contributed by atoms with E-state index in [1.54, 1.807) is 0 Å². The molecule has 5 nitrogen and oxygen atoms in total. The third kappa shape index (κ3) is 5.47. The monoisotopic (exact) mass is 306 g/mol. The van der Waals surface area contributed by atoms with Crippen LogP contribution >= 0.6 is 0 Å². The fourth-order valence-electron chi connectivity index (χ4n) is 2.53. The summed E-state index contributed by atoms with van der Waals surface area (Å²) < 4.78 is 11.1. The highest BCUT2D eigenvalue weighted by Crippen LogP contribution is 2.19. The molecular weight excluding hydrogens is 280 g/mol. The summed E-state index contributed by atoms with van der Waals surface area (Å²) in [6.07, 6.45) is 4.66. The second kappa shape index (κ2) is 9.18. The molecule has 122 valence electrons. The molecule has 1 aliphatic heterocycles. The Bertz CT molecular complexity index is 457. The summed E-state index contributed by atoms with van der Waals surface area (Å²) in [5.41, 5.74) is 0. The van der Waals surface area contributed by atoms with Crippen molar-refractivity contribution >= 4 is 6.03 Å². The van der Waals surface area contributed by atoms with Gasteiger partial charge in [0.25, 0.3) is 0 Å². The van der Waals surface area contributed by atoms with Crippen molar-refractivity contribution in [3.8, 4) is 11.5 Å². The maximum absolute atomic E-state index is 12.0. The van der Waals surface area contributed by atoms with Crippen molar-refractivity contribution in [3.05, 3.63) is 24.3 Å². The molecule has 1 aromatic rings. The summed E-state index contributed by atoms with van der Waals surface area (Å²) >= 11 is 0. The fraction of sp³-hybridized carbons (Fsp3) is 0.588. The number of likely N-dealkylation sites (tertiary alicyclic amines) is 1. The van der Waals surface area contributed by atoms with Gasteiger partial charge in [0.05, 0.1) is 13.2 Å². The molecule has 0 bridgehead atoms. The van der Waals surface area contributed by atoms with Gasteiger partial charge in [-0.25, -0.2) is 4.79 Å². The third-order valence-corrected chi connectivity index (χ3v) is 3.66. The molecule has 0 saturated carbocycles. The van der Waals surface area contributed by atoms with Gasteiger partial charge in [0.2, 0.25) is 0 Å². The van der Waals surface area contributed by atoms with Crippen LogP contribution in [0.3, 0.4) is 0 Å².